The number of hydrogen-bond acceptors (Lipinski definition) is 1. The van der Waals surface area contributed by atoms with E-state index in [9.17, 15) is 0 Å². The number of allylic oxidation sites excluding steroid dienone is 3. The van der Waals surface area contributed by atoms with E-state index in [0.717, 1.165) is 36.5 Å². The van der Waals surface area contributed by atoms with Crippen LogP contribution in [0.4, 0.5) is 0 Å². The van der Waals surface area contributed by atoms with E-state index in [0.29, 0.717) is 11.8 Å². The molecule has 2 aliphatic carbocycles. The Kier molecular flexibility index (Phi) is 5.31. The fraction of sp³-hybridized carbons (Fsp3) is 0.733. The molecule has 2 rings (SSSR count). The van der Waals surface area contributed by atoms with Crippen LogP contribution in [0.15, 0.2) is 22.9 Å². The topological polar surface area (TPSA) is 9.23 Å². The molecule has 0 aromatic carbocycles. The second-order valence-electron chi connectivity index (χ2n) is 5.92. The molecule has 2 aliphatic rings. The minimum atomic E-state index is -0.0204. The van der Waals surface area contributed by atoms with Crippen molar-refractivity contribution in [2.75, 3.05) is 0 Å². The maximum absolute atomic E-state index is 6.42. The minimum absolute atomic E-state index is 0.0204. The molecule has 0 spiro atoms. The molecule has 2 radical (unpaired) electrons. The molecule has 0 heterocycles. The van der Waals surface area contributed by atoms with Crippen molar-refractivity contribution < 1.29 is 4.74 Å². The molecule has 0 fully saturated rings. The van der Waals surface area contributed by atoms with Crippen molar-refractivity contribution in [3.8, 4) is 0 Å². The lowest BCUT2D eigenvalue weighted by Gasteiger charge is -2.31. The van der Waals surface area contributed by atoms with E-state index in [1.165, 1.54) is 0 Å². The van der Waals surface area contributed by atoms with Crippen molar-refractivity contribution >= 4 is 31.0 Å². The van der Waals surface area contributed by atoms with E-state index >= 15 is 0 Å². The van der Waals surface area contributed by atoms with Gasteiger partial charge in [0, 0.05) is 11.5 Å². The molecule has 0 saturated heterocycles. The summed E-state index contributed by atoms with van der Waals surface area (Å²) in [7, 11) is 5.86. The summed E-state index contributed by atoms with van der Waals surface area (Å²) in [5.74, 6) is 2.15. The highest BCUT2D eigenvalue weighted by Crippen LogP contribution is 2.36. The third kappa shape index (κ3) is 3.95. The molecule has 1 nitrogen and oxygen atoms in total. The van der Waals surface area contributed by atoms with Gasteiger partial charge in [-0.3, -0.25) is 0 Å². The molecule has 0 bridgehead atoms. The highest BCUT2D eigenvalue weighted by Gasteiger charge is 2.28. The zero-order chi connectivity index (χ0) is 14.0. The average molecular weight is 299 g/mol. The molecule has 0 saturated carbocycles. The van der Waals surface area contributed by atoms with Crippen LogP contribution < -0.4 is 0 Å². The summed E-state index contributed by atoms with van der Waals surface area (Å²) in [6.07, 6.45) is 7.95. The number of rotatable bonds is 3. The fourth-order valence-corrected chi connectivity index (χ4v) is 3.61. The first kappa shape index (κ1) is 15.3. The Morgan fingerprint density at radius 3 is 2.58 bits per heavy atom. The van der Waals surface area contributed by atoms with Crippen LogP contribution in [-0.4, -0.2) is 19.3 Å². The van der Waals surface area contributed by atoms with Gasteiger partial charge in [0.05, 0.1) is 19.0 Å². The molecule has 0 amide bonds. The lowest BCUT2D eigenvalue weighted by Crippen LogP contribution is -2.25. The van der Waals surface area contributed by atoms with Crippen molar-refractivity contribution in [1.82, 2.24) is 0 Å². The Hall–Kier alpha value is -0.0751. The summed E-state index contributed by atoms with van der Waals surface area (Å²) in [4.78, 5) is 0. The van der Waals surface area contributed by atoms with E-state index in [4.69, 9.17) is 35.8 Å². The van der Waals surface area contributed by atoms with Crippen molar-refractivity contribution in [3.63, 3.8) is 0 Å². The molecule has 0 aromatic rings. The molecular formula is C15H21BCl2O. The fourth-order valence-electron chi connectivity index (χ4n) is 2.81. The predicted octanol–water partition coefficient (Wildman–Crippen LogP) is 4.80. The Morgan fingerprint density at radius 2 is 2.00 bits per heavy atom. The van der Waals surface area contributed by atoms with Crippen LogP contribution >= 0.6 is 23.2 Å². The molecular weight excluding hydrogens is 278 g/mol. The van der Waals surface area contributed by atoms with E-state index < -0.39 is 0 Å². The Labute approximate surface area is 127 Å². The lowest BCUT2D eigenvalue weighted by molar-refractivity contribution is 0.122. The van der Waals surface area contributed by atoms with Crippen LogP contribution in [0.3, 0.4) is 0 Å². The van der Waals surface area contributed by atoms with E-state index in [-0.39, 0.29) is 17.3 Å². The first-order valence-electron chi connectivity index (χ1n) is 7.11. The molecule has 4 atom stereocenters. The van der Waals surface area contributed by atoms with Gasteiger partial charge in [0.25, 0.3) is 0 Å². The van der Waals surface area contributed by atoms with Crippen LogP contribution in [0.5, 0.6) is 0 Å². The van der Waals surface area contributed by atoms with Gasteiger partial charge in [0.1, 0.15) is 6.10 Å². The third-order valence-electron chi connectivity index (χ3n) is 4.10. The van der Waals surface area contributed by atoms with Crippen LogP contribution in [0.1, 0.15) is 39.5 Å². The van der Waals surface area contributed by atoms with E-state index in [2.05, 4.69) is 19.9 Å². The maximum Gasteiger partial charge on any atom is 0.118 e. The van der Waals surface area contributed by atoms with E-state index in [1.54, 1.807) is 0 Å². The summed E-state index contributed by atoms with van der Waals surface area (Å²) >= 11 is 12.5. The first-order chi connectivity index (χ1) is 8.97. The monoisotopic (exact) mass is 298 g/mol. The van der Waals surface area contributed by atoms with Gasteiger partial charge in [-0.15, -0.1) is 11.6 Å². The number of ether oxygens (including phenoxy) is 1. The van der Waals surface area contributed by atoms with Crippen molar-refractivity contribution in [3.05, 3.63) is 22.9 Å². The SMILES string of the molecule is [B]C1CCC(OC2=CC(Cl)C(C(C)C)CC2)C=C1Cl. The van der Waals surface area contributed by atoms with Gasteiger partial charge in [-0.1, -0.05) is 25.4 Å². The maximum atomic E-state index is 6.42. The second-order valence-corrected chi connectivity index (χ2v) is 6.86. The molecule has 19 heavy (non-hydrogen) atoms. The Morgan fingerprint density at radius 1 is 1.26 bits per heavy atom. The van der Waals surface area contributed by atoms with Gasteiger partial charge in [-0.25, -0.2) is 0 Å². The van der Waals surface area contributed by atoms with Crippen LogP contribution in [0, 0.1) is 11.8 Å². The van der Waals surface area contributed by atoms with E-state index in [1.807, 2.05) is 6.08 Å². The van der Waals surface area contributed by atoms with Gasteiger partial charge >= 0.3 is 0 Å². The summed E-state index contributed by atoms with van der Waals surface area (Å²) in [5.41, 5.74) is 0. The van der Waals surface area contributed by atoms with Gasteiger partial charge in [-0.2, -0.15) is 0 Å². The highest BCUT2D eigenvalue weighted by molar-refractivity contribution is 6.35. The summed E-state index contributed by atoms with van der Waals surface area (Å²) < 4.78 is 6.01. The molecule has 0 aliphatic heterocycles. The molecule has 0 N–H and O–H groups in total. The first-order valence-corrected chi connectivity index (χ1v) is 7.93. The number of alkyl halides is 1. The molecule has 104 valence electrons. The standard InChI is InChI=1S/C15H21BCl2O/c1-9(2)12-5-3-10(7-14(12)17)19-11-4-6-13(16)15(18)8-11/h7-9,11-14H,3-6H2,1-2H3. The van der Waals surface area contributed by atoms with Gasteiger partial charge in [0.2, 0.25) is 0 Å². The van der Waals surface area contributed by atoms with Crippen molar-refractivity contribution in [1.29, 1.82) is 0 Å². The van der Waals surface area contributed by atoms with Gasteiger partial charge in [0.15, 0.2) is 0 Å². The Balaban J connectivity index is 1.96. The van der Waals surface area contributed by atoms with Crippen LogP contribution in [0.2, 0.25) is 5.82 Å². The third-order valence-corrected chi connectivity index (χ3v) is 4.95. The summed E-state index contributed by atoms with van der Waals surface area (Å²) in [6, 6.07) is 0. The quantitative estimate of drug-likeness (QED) is 0.537. The average Bonchev–Trinajstić information content (AvgIpc) is 2.33. The van der Waals surface area contributed by atoms with Crippen LogP contribution in [0.25, 0.3) is 0 Å². The lowest BCUT2D eigenvalue weighted by atomic mass is 9.79. The zero-order valence-corrected chi connectivity index (χ0v) is 13.1. The molecule has 4 heteroatoms. The predicted molar refractivity (Wildman–Crippen MR) is 82.8 cm³/mol. The normalized spacial score (nSPS) is 35.8. The highest BCUT2D eigenvalue weighted by atomic mass is 35.5. The van der Waals surface area contributed by atoms with Crippen LogP contribution in [-0.2, 0) is 4.74 Å². The molecule has 0 aromatic heterocycles. The largest absolute Gasteiger partial charge is 0.491 e. The molecule has 4 unspecified atom stereocenters. The zero-order valence-electron chi connectivity index (χ0n) is 11.6. The van der Waals surface area contributed by atoms with Gasteiger partial charge < -0.3 is 4.74 Å². The summed E-state index contributed by atoms with van der Waals surface area (Å²) in [6.45, 7) is 4.45. The number of halogens is 2. The number of hydrogen-bond donors (Lipinski definition) is 0. The second kappa shape index (κ2) is 6.58. The van der Waals surface area contributed by atoms with Gasteiger partial charge in [-0.05, 0) is 49.1 Å². The van der Waals surface area contributed by atoms with Crippen molar-refractivity contribution in [2.24, 2.45) is 11.8 Å². The smallest absolute Gasteiger partial charge is 0.118 e. The summed E-state index contributed by atoms with van der Waals surface area (Å²) in [5, 5.41) is 0.796. The minimum Gasteiger partial charge on any atom is -0.491 e. The van der Waals surface area contributed by atoms with Crippen molar-refractivity contribution in [2.45, 2.75) is 56.8 Å². The Bertz CT molecular complexity index is 378.